The van der Waals surface area contributed by atoms with E-state index in [0.717, 1.165) is 39.8 Å². The Balaban J connectivity index is 1.54. The number of rotatable bonds is 6. The molecule has 3 heterocycles. The summed E-state index contributed by atoms with van der Waals surface area (Å²) in [6, 6.07) is 11.6. The van der Waals surface area contributed by atoms with Crippen molar-refractivity contribution in [2.45, 2.75) is 6.54 Å². The molecule has 0 unspecified atom stereocenters. The lowest BCUT2D eigenvalue weighted by molar-refractivity contribution is 0.174. The molecular formula is C22H20N4O4. The summed E-state index contributed by atoms with van der Waals surface area (Å²) >= 11 is 0. The second kappa shape index (κ2) is 7.47. The van der Waals surface area contributed by atoms with Crippen LogP contribution in [0.15, 0.2) is 55.0 Å². The molecule has 4 aromatic rings. The van der Waals surface area contributed by atoms with E-state index in [1.165, 1.54) is 0 Å². The van der Waals surface area contributed by atoms with Crippen LogP contribution in [0.2, 0.25) is 0 Å². The van der Waals surface area contributed by atoms with Gasteiger partial charge in [-0.05, 0) is 29.8 Å². The molecule has 0 radical (unpaired) electrons. The Morgan fingerprint density at radius 3 is 2.63 bits per heavy atom. The van der Waals surface area contributed by atoms with Gasteiger partial charge in [-0.1, -0.05) is 6.07 Å². The number of aromatic nitrogens is 3. The Kier molecular flexibility index (Phi) is 4.51. The number of anilines is 1. The van der Waals surface area contributed by atoms with Crippen molar-refractivity contribution in [3.63, 3.8) is 0 Å². The molecule has 2 aromatic heterocycles. The first-order valence-corrected chi connectivity index (χ1v) is 9.43. The molecular weight excluding hydrogens is 384 g/mol. The smallest absolute Gasteiger partial charge is 0.231 e. The fourth-order valence-corrected chi connectivity index (χ4v) is 3.46. The van der Waals surface area contributed by atoms with Crippen LogP contribution in [0.3, 0.4) is 0 Å². The molecule has 0 spiro atoms. The first kappa shape index (κ1) is 18.1. The number of imidazole rings is 1. The van der Waals surface area contributed by atoms with Gasteiger partial charge >= 0.3 is 0 Å². The second-order valence-electron chi connectivity index (χ2n) is 6.76. The van der Waals surface area contributed by atoms with Crippen LogP contribution in [0.5, 0.6) is 23.0 Å². The zero-order valence-corrected chi connectivity index (χ0v) is 16.6. The van der Waals surface area contributed by atoms with E-state index in [-0.39, 0.29) is 6.79 Å². The van der Waals surface area contributed by atoms with Gasteiger partial charge < -0.3 is 24.3 Å². The third kappa shape index (κ3) is 3.22. The summed E-state index contributed by atoms with van der Waals surface area (Å²) in [6.07, 6.45) is 5.34. The highest BCUT2D eigenvalue weighted by Gasteiger charge is 2.17. The number of hydrogen-bond donors (Lipinski definition) is 1. The fourth-order valence-electron chi connectivity index (χ4n) is 3.46. The van der Waals surface area contributed by atoms with Gasteiger partial charge in [0.2, 0.25) is 6.79 Å². The van der Waals surface area contributed by atoms with Crippen molar-refractivity contribution >= 4 is 11.5 Å². The Bertz CT molecular complexity index is 1200. The van der Waals surface area contributed by atoms with Crippen LogP contribution in [-0.4, -0.2) is 35.4 Å². The normalized spacial score (nSPS) is 12.2. The third-order valence-electron chi connectivity index (χ3n) is 4.95. The summed E-state index contributed by atoms with van der Waals surface area (Å²) in [5, 5.41) is 3.51. The van der Waals surface area contributed by atoms with Gasteiger partial charge in [0.15, 0.2) is 17.1 Å². The average molecular weight is 404 g/mol. The van der Waals surface area contributed by atoms with Crippen molar-refractivity contribution in [1.29, 1.82) is 0 Å². The van der Waals surface area contributed by atoms with Crippen LogP contribution in [0.25, 0.3) is 16.9 Å². The maximum absolute atomic E-state index is 5.49. The number of hydrogen-bond acceptors (Lipinski definition) is 7. The van der Waals surface area contributed by atoms with Gasteiger partial charge in [0.1, 0.15) is 23.0 Å². The summed E-state index contributed by atoms with van der Waals surface area (Å²) in [5.74, 6) is 3.76. The molecule has 0 fully saturated rings. The number of fused-ring (bicyclic) bond motifs is 2. The molecule has 1 N–H and O–H groups in total. The van der Waals surface area contributed by atoms with E-state index >= 15 is 0 Å². The molecule has 0 saturated carbocycles. The molecule has 8 heteroatoms. The molecule has 0 amide bonds. The first-order valence-electron chi connectivity index (χ1n) is 9.43. The minimum atomic E-state index is 0.258. The average Bonchev–Trinajstić information content (AvgIpc) is 3.41. The second-order valence-corrected chi connectivity index (χ2v) is 6.76. The third-order valence-corrected chi connectivity index (χ3v) is 4.95. The van der Waals surface area contributed by atoms with Gasteiger partial charge in [-0.15, -0.1) is 0 Å². The number of ether oxygens (including phenoxy) is 4. The quantitative estimate of drug-likeness (QED) is 0.524. The zero-order chi connectivity index (χ0) is 20.5. The van der Waals surface area contributed by atoms with Crippen molar-refractivity contribution in [2.24, 2.45) is 0 Å². The van der Waals surface area contributed by atoms with E-state index in [0.29, 0.717) is 18.0 Å². The summed E-state index contributed by atoms with van der Waals surface area (Å²) in [6.45, 7) is 0.842. The molecule has 0 aliphatic carbocycles. The van der Waals surface area contributed by atoms with Gasteiger partial charge in [0.25, 0.3) is 0 Å². The maximum Gasteiger partial charge on any atom is 0.231 e. The summed E-state index contributed by atoms with van der Waals surface area (Å²) in [4.78, 5) is 8.98. The minimum absolute atomic E-state index is 0.258. The number of benzene rings is 2. The SMILES string of the molecule is COc1cc(OC)cc(-c2nc3cnccn3c2NCc2ccc3c(c2)OCO3)c1. The minimum Gasteiger partial charge on any atom is -0.497 e. The molecule has 0 atom stereocenters. The molecule has 1 aliphatic heterocycles. The van der Waals surface area contributed by atoms with E-state index in [1.54, 1.807) is 26.6 Å². The lowest BCUT2D eigenvalue weighted by atomic mass is 10.1. The highest BCUT2D eigenvalue weighted by atomic mass is 16.7. The summed E-state index contributed by atoms with van der Waals surface area (Å²) < 4.78 is 23.7. The molecule has 0 bridgehead atoms. The van der Waals surface area contributed by atoms with Crippen LogP contribution in [0.1, 0.15) is 5.56 Å². The molecule has 2 aromatic carbocycles. The van der Waals surface area contributed by atoms with Gasteiger partial charge in [-0.25, -0.2) is 4.98 Å². The molecule has 1 aliphatic rings. The van der Waals surface area contributed by atoms with Crippen LogP contribution in [-0.2, 0) is 6.54 Å². The topological polar surface area (TPSA) is 79.1 Å². The standard InChI is InChI=1S/C22H20N4O4/c1-27-16-8-15(9-17(10-16)28-2)21-22(26-6-5-23-12-20(26)25-21)24-11-14-3-4-18-19(7-14)30-13-29-18/h3-10,12,24H,11,13H2,1-2H3. The van der Waals surface area contributed by atoms with Gasteiger partial charge in [0.05, 0.1) is 20.4 Å². The van der Waals surface area contributed by atoms with Gasteiger partial charge in [0, 0.05) is 30.6 Å². The molecule has 152 valence electrons. The Hall–Kier alpha value is -3.94. The summed E-state index contributed by atoms with van der Waals surface area (Å²) in [7, 11) is 3.26. The largest absolute Gasteiger partial charge is 0.497 e. The number of methoxy groups -OCH3 is 2. The van der Waals surface area contributed by atoms with Crippen LogP contribution in [0.4, 0.5) is 5.82 Å². The number of nitrogens with one attached hydrogen (secondary N) is 1. The van der Waals surface area contributed by atoms with E-state index in [9.17, 15) is 0 Å². The van der Waals surface area contributed by atoms with Gasteiger partial charge in [-0.3, -0.25) is 9.38 Å². The van der Waals surface area contributed by atoms with Crippen LogP contribution in [0, 0.1) is 0 Å². The van der Waals surface area contributed by atoms with E-state index in [1.807, 2.05) is 47.0 Å². The highest BCUT2D eigenvalue weighted by Crippen LogP contribution is 2.35. The van der Waals surface area contributed by atoms with E-state index < -0.39 is 0 Å². The Labute approximate surface area is 173 Å². The lowest BCUT2D eigenvalue weighted by Crippen LogP contribution is -2.03. The fraction of sp³-hybridized carbons (Fsp3) is 0.182. The van der Waals surface area contributed by atoms with E-state index in [4.69, 9.17) is 23.9 Å². The molecule has 8 nitrogen and oxygen atoms in total. The molecule has 30 heavy (non-hydrogen) atoms. The van der Waals surface area contributed by atoms with Gasteiger partial charge in [-0.2, -0.15) is 0 Å². The maximum atomic E-state index is 5.49. The molecule has 0 saturated heterocycles. The Morgan fingerprint density at radius 2 is 1.83 bits per heavy atom. The summed E-state index contributed by atoms with van der Waals surface area (Å²) in [5.41, 5.74) is 3.46. The van der Waals surface area contributed by atoms with Crippen molar-refractivity contribution in [1.82, 2.24) is 14.4 Å². The van der Waals surface area contributed by atoms with Crippen LogP contribution < -0.4 is 24.3 Å². The molecule has 5 rings (SSSR count). The predicted molar refractivity (Wildman–Crippen MR) is 111 cm³/mol. The monoisotopic (exact) mass is 404 g/mol. The highest BCUT2D eigenvalue weighted by molar-refractivity contribution is 5.78. The zero-order valence-electron chi connectivity index (χ0n) is 16.6. The first-order chi connectivity index (χ1) is 14.7. The van der Waals surface area contributed by atoms with Crippen molar-refractivity contribution in [2.75, 3.05) is 26.3 Å². The van der Waals surface area contributed by atoms with Crippen molar-refractivity contribution < 1.29 is 18.9 Å². The predicted octanol–water partition coefficient (Wildman–Crippen LogP) is 3.75. The van der Waals surface area contributed by atoms with Crippen LogP contribution >= 0.6 is 0 Å². The lowest BCUT2D eigenvalue weighted by Gasteiger charge is -2.11. The van der Waals surface area contributed by atoms with E-state index in [2.05, 4.69) is 10.3 Å². The van der Waals surface area contributed by atoms with Crippen molar-refractivity contribution in [3.05, 3.63) is 60.6 Å². The Morgan fingerprint density at radius 1 is 1.03 bits per heavy atom. The van der Waals surface area contributed by atoms with Crippen molar-refractivity contribution in [3.8, 4) is 34.3 Å². The number of nitrogens with zero attached hydrogens (tertiary/aromatic N) is 3.